The van der Waals surface area contributed by atoms with E-state index in [1.54, 1.807) is 12.1 Å². The number of fused-ring (bicyclic) bond motifs is 1. The number of nitrogens with one attached hydrogen (secondary N) is 1. The number of aromatic hydroxyl groups is 1. The molecule has 2 N–H and O–H groups in total. The zero-order chi connectivity index (χ0) is 12.5. The SMILES string of the molecule is Oc1ccc(Cc2ccc3c(I)c[nH]c3c2)cc1. The summed E-state index contributed by atoms with van der Waals surface area (Å²) in [6.07, 6.45) is 2.90. The van der Waals surface area contributed by atoms with Gasteiger partial charge in [0, 0.05) is 20.7 Å². The van der Waals surface area contributed by atoms with Crippen molar-refractivity contribution < 1.29 is 5.11 Å². The number of hydrogen-bond donors (Lipinski definition) is 2. The van der Waals surface area contributed by atoms with E-state index in [4.69, 9.17) is 0 Å². The highest BCUT2D eigenvalue weighted by molar-refractivity contribution is 14.1. The third-order valence-corrected chi connectivity index (χ3v) is 3.93. The van der Waals surface area contributed by atoms with Gasteiger partial charge in [-0.05, 0) is 58.3 Å². The number of benzene rings is 2. The molecule has 3 rings (SSSR count). The van der Waals surface area contributed by atoms with Crippen molar-refractivity contribution in [2.75, 3.05) is 0 Å². The van der Waals surface area contributed by atoms with Crippen LogP contribution in [0.1, 0.15) is 11.1 Å². The maximum atomic E-state index is 9.26. The summed E-state index contributed by atoms with van der Waals surface area (Å²) in [4.78, 5) is 3.28. The highest BCUT2D eigenvalue weighted by Gasteiger charge is 2.02. The number of rotatable bonds is 2. The fourth-order valence-corrected chi connectivity index (χ4v) is 2.72. The number of aromatic nitrogens is 1. The Kier molecular flexibility index (Phi) is 2.99. The monoisotopic (exact) mass is 349 g/mol. The lowest BCUT2D eigenvalue weighted by atomic mass is 10.0. The number of hydrogen-bond acceptors (Lipinski definition) is 1. The molecule has 0 saturated heterocycles. The molecule has 0 aliphatic rings. The molecule has 0 saturated carbocycles. The topological polar surface area (TPSA) is 36.0 Å². The van der Waals surface area contributed by atoms with Crippen LogP contribution < -0.4 is 0 Å². The predicted octanol–water partition coefficient (Wildman–Crippen LogP) is 4.07. The maximum Gasteiger partial charge on any atom is 0.115 e. The Morgan fingerprint density at radius 3 is 2.50 bits per heavy atom. The van der Waals surface area contributed by atoms with Crippen molar-refractivity contribution in [3.8, 4) is 5.75 Å². The number of phenolic OH excluding ortho intramolecular Hbond substituents is 1. The van der Waals surface area contributed by atoms with Crippen molar-refractivity contribution in [2.24, 2.45) is 0 Å². The van der Waals surface area contributed by atoms with E-state index < -0.39 is 0 Å². The van der Waals surface area contributed by atoms with E-state index in [-0.39, 0.29) is 0 Å². The molecule has 0 bridgehead atoms. The molecule has 1 heterocycles. The predicted molar refractivity (Wildman–Crippen MR) is 81.9 cm³/mol. The van der Waals surface area contributed by atoms with Gasteiger partial charge in [0.15, 0.2) is 0 Å². The van der Waals surface area contributed by atoms with Gasteiger partial charge in [-0.1, -0.05) is 24.3 Å². The molecule has 2 nitrogen and oxygen atoms in total. The molecule has 0 atom stereocenters. The van der Waals surface area contributed by atoms with Crippen molar-refractivity contribution in [2.45, 2.75) is 6.42 Å². The fourth-order valence-electron chi connectivity index (χ4n) is 2.10. The molecule has 0 unspecified atom stereocenters. The molecule has 18 heavy (non-hydrogen) atoms. The van der Waals surface area contributed by atoms with Gasteiger partial charge in [0.2, 0.25) is 0 Å². The smallest absolute Gasteiger partial charge is 0.115 e. The number of phenols is 1. The van der Waals surface area contributed by atoms with Gasteiger partial charge in [-0.2, -0.15) is 0 Å². The van der Waals surface area contributed by atoms with Gasteiger partial charge in [-0.25, -0.2) is 0 Å². The number of aromatic amines is 1. The second-order valence-corrected chi connectivity index (χ2v) is 5.52. The Labute approximate surface area is 119 Å². The minimum Gasteiger partial charge on any atom is -0.508 e. The van der Waals surface area contributed by atoms with Crippen LogP contribution in [0.2, 0.25) is 0 Å². The first-order chi connectivity index (χ1) is 8.72. The lowest BCUT2D eigenvalue weighted by molar-refractivity contribution is 0.475. The van der Waals surface area contributed by atoms with Gasteiger partial charge in [0.25, 0.3) is 0 Å². The lowest BCUT2D eigenvalue weighted by Crippen LogP contribution is -1.87. The minimum absolute atomic E-state index is 0.313. The molecule has 2 aromatic carbocycles. The van der Waals surface area contributed by atoms with E-state index in [0.29, 0.717) is 5.75 Å². The van der Waals surface area contributed by atoms with Gasteiger partial charge in [0.05, 0.1) is 0 Å². The van der Waals surface area contributed by atoms with E-state index in [9.17, 15) is 5.11 Å². The Balaban J connectivity index is 1.92. The molecule has 90 valence electrons. The Bertz CT molecular complexity index is 685. The summed E-state index contributed by atoms with van der Waals surface area (Å²) < 4.78 is 1.25. The summed E-state index contributed by atoms with van der Waals surface area (Å²) in [5.74, 6) is 0.313. The normalized spacial score (nSPS) is 10.9. The first-order valence-electron chi connectivity index (χ1n) is 5.76. The largest absolute Gasteiger partial charge is 0.508 e. The fraction of sp³-hybridized carbons (Fsp3) is 0.0667. The third-order valence-electron chi connectivity index (χ3n) is 3.04. The van der Waals surface area contributed by atoms with Crippen LogP contribution in [0.3, 0.4) is 0 Å². The Morgan fingerprint density at radius 2 is 1.72 bits per heavy atom. The van der Waals surface area contributed by atoms with Crippen LogP contribution in [0.25, 0.3) is 10.9 Å². The van der Waals surface area contributed by atoms with Crippen LogP contribution in [-0.2, 0) is 6.42 Å². The quantitative estimate of drug-likeness (QED) is 0.673. The van der Waals surface area contributed by atoms with Crippen LogP contribution in [0.5, 0.6) is 5.75 Å². The molecule has 3 heteroatoms. The van der Waals surface area contributed by atoms with E-state index in [0.717, 1.165) is 6.42 Å². The summed E-state index contributed by atoms with van der Waals surface area (Å²) in [7, 11) is 0. The molecule has 0 spiro atoms. The molecular formula is C15H12INO. The van der Waals surface area contributed by atoms with E-state index >= 15 is 0 Å². The van der Waals surface area contributed by atoms with Crippen molar-refractivity contribution in [1.82, 2.24) is 4.98 Å². The van der Waals surface area contributed by atoms with Gasteiger partial charge in [-0.3, -0.25) is 0 Å². The first kappa shape index (κ1) is 11.6. The van der Waals surface area contributed by atoms with Crippen molar-refractivity contribution >= 4 is 33.5 Å². The van der Waals surface area contributed by atoms with Crippen LogP contribution in [0.15, 0.2) is 48.7 Å². The van der Waals surface area contributed by atoms with Crippen molar-refractivity contribution in [3.63, 3.8) is 0 Å². The summed E-state index contributed by atoms with van der Waals surface area (Å²) in [6.45, 7) is 0. The van der Waals surface area contributed by atoms with Gasteiger partial charge in [0.1, 0.15) is 5.75 Å². The molecular weight excluding hydrogens is 337 g/mol. The lowest BCUT2D eigenvalue weighted by Gasteiger charge is -2.03. The zero-order valence-corrected chi connectivity index (χ0v) is 11.8. The second-order valence-electron chi connectivity index (χ2n) is 4.36. The molecule has 1 aromatic heterocycles. The summed E-state index contributed by atoms with van der Waals surface area (Å²) in [5, 5.41) is 10.5. The standard InChI is InChI=1S/C15H12INO/c16-14-9-17-15-8-11(3-6-13(14)15)7-10-1-4-12(18)5-2-10/h1-6,8-9,17-18H,7H2. The second kappa shape index (κ2) is 4.65. The van der Waals surface area contributed by atoms with Crippen LogP contribution in [0.4, 0.5) is 0 Å². The minimum atomic E-state index is 0.313. The van der Waals surface area contributed by atoms with Gasteiger partial charge in [-0.15, -0.1) is 0 Å². The average molecular weight is 349 g/mol. The molecule has 0 aliphatic heterocycles. The molecule has 0 fully saturated rings. The van der Waals surface area contributed by atoms with Crippen molar-refractivity contribution in [3.05, 3.63) is 63.4 Å². The van der Waals surface area contributed by atoms with Gasteiger partial charge >= 0.3 is 0 Å². The summed E-state index contributed by atoms with van der Waals surface area (Å²) >= 11 is 2.33. The van der Waals surface area contributed by atoms with E-state index in [1.165, 1.54) is 25.6 Å². The van der Waals surface area contributed by atoms with Gasteiger partial charge < -0.3 is 10.1 Å². The summed E-state index contributed by atoms with van der Waals surface area (Å²) in [5.41, 5.74) is 3.65. The number of halogens is 1. The highest BCUT2D eigenvalue weighted by atomic mass is 127. The molecule has 0 radical (unpaired) electrons. The van der Waals surface area contributed by atoms with Crippen molar-refractivity contribution in [1.29, 1.82) is 0 Å². The van der Waals surface area contributed by atoms with Crippen LogP contribution >= 0.6 is 22.6 Å². The highest BCUT2D eigenvalue weighted by Crippen LogP contribution is 2.22. The van der Waals surface area contributed by atoms with Crippen LogP contribution in [-0.4, -0.2) is 10.1 Å². The Morgan fingerprint density at radius 1 is 1.00 bits per heavy atom. The molecule has 0 amide bonds. The van der Waals surface area contributed by atoms with E-state index in [2.05, 4.69) is 45.8 Å². The number of H-pyrrole nitrogens is 1. The first-order valence-corrected chi connectivity index (χ1v) is 6.84. The maximum absolute atomic E-state index is 9.26. The Hall–Kier alpha value is -1.49. The third kappa shape index (κ3) is 2.22. The molecule has 0 aliphatic carbocycles. The van der Waals surface area contributed by atoms with Crippen LogP contribution in [0, 0.1) is 3.57 Å². The molecule has 3 aromatic rings. The summed E-state index contributed by atoms with van der Waals surface area (Å²) in [6, 6.07) is 13.9. The average Bonchev–Trinajstić information content (AvgIpc) is 2.74. The zero-order valence-electron chi connectivity index (χ0n) is 9.65. The van der Waals surface area contributed by atoms with E-state index in [1.807, 2.05) is 18.3 Å².